The largest absolute Gasteiger partial charge is 0.512 e. The van der Waals surface area contributed by atoms with Crippen molar-refractivity contribution in [2.45, 2.75) is 68.0 Å². The average molecular weight is 881 g/mol. The first-order valence-electron chi connectivity index (χ1n) is 20.0. The molecule has 3 aliphatic rings. The van der Waals surface area contributed by atoms with E-state index in [2.05, 4.69) is 15.0 Å². The summed E-state index contributed by atoms with van der Waals surface area (Å²) in [5.74, 6) is -3.72. The second-order valence-corrected chi connectivity index (χ2v) is 16.3. The van der Waals surface area contributed by atoms with Gasteiger partial charge in [0.05, 0.1) is 49.9 Å². The molecule has 3 aliphatic heterocycles. The highest BCUT2D eigenvalue weighted by molar-refractivity contribution is 8.00. The van der Waals surface area contributed by atoms with Crippen molar-refractivity contribution in [2.24, 2.45) is 0 Å². The average Bonchev–Trinajstić information content (AvgIpc) is 3.78. The molecule has 19 heteroatoms. The number of hydrogen-bond acceptors (Lipinski definition) is 14. The maximum absolute atomic E-state index is 15.8. The van der Waals surface area contributed by atoms with Crippen LogP contribution >= 0.6 is 11.8 Å². The monoisotopic (exact) mass is 880 g/mol. The molecule has 0 spiro atoms. The SMILES string of the molecule is CC(OC(=O)C=CC(=O)N1CCC(N2CCOCC2)CC1)OC(=O)OC(Cn1cncn1)(c1ccc(F)cc1F)C(C)SC1COC(C=CC=Cc2ccc(C#N)cc2F)OC1. The number of thioether (sulfide) groups is 1. The number of amides is 1. The quantitative estimate of drug-likeness (QED) is 0.0811. The highest BCUT2D eigenvalue weighted by atomic mass is 32.2. The second kappa shape index (κ2) is 22.0. The molecular formula is C43H47F3N6O9S. The van der Waals surface area contributed by atoms with Crippen molar-refractivity contribution >= 4 is 35.9 Å². The summed E-state index contributed by atoms with van der Waals surface area (Å²) in [6, 6.07) is 9.26. The van der Waals surface area contributed by atoms with Crippen LogP contribution < -0.4 is 0 Å². The summed E-state index contributed by atoms with van der Waals surface area (Å²) in [6.07, 6.45) is 9.04. The van der Waals surface area contributed by atoms with E-state index < -0.39 is 53.0 Å². The van der Waals surface area contributed by atoms with Gasteiger partial charge in [-0.2, -0.15) is 10.4 Å². The standard InChI is InChI=1S/C43H47F3N6O9S/c1-29(62-35-24-57-41(58-25-35)6-4-3-5-32-8-7-31(23-47)21-37(32)45)43(26-52-28-48-27-49-52,36-10-9-33(44)22-38(36)46)61-42(55)60-30(2)59-40(54)12-11-39(53)51-15-13-34(14-16-51)50-17-19-56-20-18-50/h3-12,21-22,27-30,34-35,41H,13-20,24-26H2,1-2H3. The van der Waals surface area contributed by atoms with Crippen LogP contribution in [0.3, 0.4) is 0 Å². The molecule has 3 fully saturated rings. The molecule has 330 valence electrons. The number of benzene rings is 2. The summed E-state index contributed by atoms with van der Waals surface area (Å²) in [5, 5.41) is 11.9. The number of nitriles is 1. The van der Waals surface area contributed by atoms with Crippen molar-refractivity contribution in [3.05, 3.63) is 114 Å². The molecular weight excluding hydrogens is 834 g/mol. The number of esters is 1. The lowest BCUT2D eigenvalue weighted by atomic mass is 9.89. The first-order chi connectivity index (χ1) is 29.9. The fourth-order valence-electron chi connectivity index (χ4n) is 7.30. The molecule has 0 aliphatic carbocycles. The Hall–Kier alpha value is -5.52. The minimum absolute atomic E-state index is 0.156. The highest BCUT2D eigenvalue weighted by Crippen LogP contribution is 2.42. The number of aromatic nitrogens is 3. The van der Waals surface area contributed by atoms with E-state index in [1.807, 2.05) is 6.07 Å². The number of ether oxygens (including phenoxy) is 6. The minimum Gasteiger partial charge on any atom is -0.422 e. The molecule has 3 atom stereocenters. The maximum Gasteiger partial charge on any atom is 0.512 e. The van der Waals surface area contributed by atoms with Gasteiger partial charge in [0.15, 0.2) is 11.9 Å². The van der Waals surface area contributed by atoms with Crippen LogP contribution in [0.4, 0.5) is 18.0 Å². The molecule has 2 aromatic carbocycles. The molecule has 6 rings (SSSR count). The predicted molar refractivity (Wildman–Crippen MR) is 218 cm³/mol. The normalized spacial score (nSPS) is 21.1. The Morgan fingerprint density at radius 2 is 1.74 bits per heavy atom. The van der Waals surface area contributed by atoms with E-state index in [9.17, 15) is 23.2 Å². The van der Waals surface area contributed by atoms with Gasteiger partial charge in [0.1, 0.15) is 30.1 Å². The minimum atomic E-state index is -1.93. The van der Waals surface area contributed by atoms with Gasteiger partial charge in [-0.3, -0.25) is 9.69 Å². The van der Waals surface area contributed by atoms with Crippen molar-refractivity contribution in [1.29, 1.82) is 5.26 Å². The Kier molecular flexibility index (Phi) is 16.3. The summed E-state index contributed by atoms with van der Waals surface area (Å²) in [7, 11) is 0. The summed E-state index contributed by atoms with van der Waals surface area (Å²) in [6.45, 7) is 7.15. The number of hydrogen-bond donors (Lipinski definition) is 0. The molecule has 3 unspecified atom stereocenters. The van der Waals surface area contributed by atoms with E-state index in [1.165, 1.54) is 54.2 Å². The molecule has 0 radical (unpaired) electrons. The molecule has 15 nitrogen and oxygen atoms in total. The summed E-state index contributed by atoms with van der Waals surface area (Å²) in [5.41, 5.74) is -1.62. The number of allylic oxidation sites excluding steroid dienone is 2. The maximum atomic E-state index is 15.8. The first-order valence-corrected chi connectivity index (χ1v) is 21.0. The number of halogens is 3. The van der Waals surface area contributed by atoms with Gasteiger partial charge < -0.3 is 33.3 Å². The van der Waals surface area contributed by atoms with Crippen LogP contribution in [0.2, 0.25) is 0 Å². The Bertz CT molecular complexity index is 2130. The molecule has 4 heterocycles. The zero-order chi connectivity index (χ0) is 44.1. The van der Waals surface area contributed by atoms with Gasteiger partial charge in [0.2, 0.25) is 12.2 Å². The van der Waals surface area contributed by atoms with Crippen LogP contribution in [0.15, 0.2) is 79.4 Å². The van der Waals surface area contributed by atoms with Gasteiger partial charge in [-0.25, -0.2) is 32.4 Å². The number of morpholine rings is 1. The first kappa shape index (κ1) is 46.0. The molecule has 1 amide bonds. The fourth-order valence-corrected chi connectivity index (χ4v) is 8.66. The van der Waals surface area contributed by atoms with Gasteiger partial charge in [-0.15, -0.1) is 11.8 Å². The predicted octanol–water partition coefficient (Wildman–Crippen LogP) is 5.52. The Labute approximate surface area is 361 Å². The number of rotatable bonds is 15. The fraction of sp³-hybridized carbons (Fsp3) is 0.442. The molecule has 0 saturated carbocycles. The van der Waals surface area contributed by atoms with E-state index in [-0.39, 0.29) is 42.0 Å². The Morgan fingerprint density at radius 3 is 2.42 bits per heavy atom. The zero-order valence-corrected chi connectivity index (χ0v) is 35.0. The van der Waals surface area contributed by atoms with Crippen molar-refractivity contribution in [3.63, 3.8) is 0 Å². The van der Waals surface area contributed by atoms with Crippen molar-refractivity contribution in [1.82, 2.24) is 24.6 Å². The van der Waals surface area contributed by atoms with Gasteiger partial charge in [-0.05, 0) is 50.1 Å². The number of nitrogens with zero attached hydrogens (tertiary/aromatic N) is 6. The smallest absolute Gasteiger partial charge is 0.422 e. The van der Waals surface area contributed by atoms with Crippen LogP contribution in [0.5, 0.6) is 0 Å². The molecule has 3 aromatic rings. The summed E-state index contributed by atoms with van der Waals surface area (Å²) < 4.78 is 79.4. The third-order valence-corrected chi connectivity index (χ3v) is 11.9. The lowest BCUT2D eigenvalue weighted by Gasteiger charge is -2.40. The lowest BCUT2D eigenvalue weighted by Crippen LogP contribution is -2.49. The van der Waals surface area contributed by atoms with E-state index in [1.54, 1.807) is 30.1 Å². The van der Waals surface area contributed by atoms with Gasteiger partial charge in [0.25, 0.3) is 0 Å². The van der Waals surface area contributed by atoms with Crippen LogP contribution in [-0.2, 0) is 50.2 Å². The summed E-state index contributed by atoms with van der Waals surface area (Å²) >= 11 is 1.24. The number of carbonyl (C=O) groups excluding carboxylic acids is 3. The van der Waals surface area contributed by atoms with Crippen molar-refractivity contribution < 1.29 is 56.0 Å². The number of likely N-dealkylation sites (tertiary alicyclic amines) is 1. The molecule has 3 saturated heterocycles. The Morgan fingerprint density at radius 1 is 0.984 bits per heavy atom. The van der Waals surface area contributed by atoms with Crippen LogP contribution in [-0.4, -0.2) is 124 Å². The molecule has 0 bridgehead atoms. The van der Waals surface area contributed by atoms with Crippen LogP contribution in [0.25, 0.3) is 6.08 Å². The van der Waals surface area contributed by atoms with Crippen LogP contribution in [0, 0.1) is 28.8 Å². The van der Waals surface area contributed by atoms with Gasteiger partial charge >= 0.3 is 12.1 Å². The molecule has 0 N–H and O–H groups in total. The van der Waals surface area contributed by atoms with Crippen LogP contribution in [0.1, 0.15) is 43.4 Å². The molecule has 62 heavy (non-hydrogen) atoms. The number of piperidine rings is 1. The second-order valence-electron chi connectivity index (χ2n) is 14.6. The Balaban J connectivity index is 1.07. The number of carbonyl (C=O) groups is 3. The lowest BCUT2D eigenvalue weighted by molar-refractivity contribution is -0.166. The van der Waals surface area contributed by atoms with E-state index in [4.69, 9.17) is 33.7 Å². The summed E-state index contributed by atoms with van der Waals surface area (Å²) in [4.78, 5) is 47.1. The van der Waals surface area contributed by atoms with E-state index >= 15 is 4.39 Å². The van der Waals surface area contributed by atoms with Crippen molar-refractivity contribution in [3.8, 4) is 6.07 Å². The van der Waals surface area contributed by atoms with Gasteiger partial charge in [0, 0.05) is 73.7 Å². The third kappa shape index (κ3) is 12.5. The van der Waals surface area contributed by atoms with E-state index in [0.717, 1.165) is 56.3 Å². The van der Waals surface area contributed by atoms with Gasteiger partial charge in [-0.1, -0.05) is 24.3 Å². The van der Waals surface area contributed by atoms with Crippen molar-refractivity contribution in [2.75, 3.05) is 52.6 Å². The topological polar surface area (TPSA) is 168 Å². The molecule has 1 aromatic heterocycles. The van der Waals surface area contributed by atoms with E-state index in [0.29, 0.717) is 44.0 Å². The highest BCUT2D eigenvalue weighted by Gasteiger charge is 2.47. The zero-order valence-electron chi connectivity index (χ0n) is 34.1. The third-order valence-electron chi connectivity index (χ3n) is 10.5.